The summed E-state index contributed by atoms with van der Waals surface area (Å²) in [4.78, 5) is 16.2. The van der Waals surface area contributed by atoms with Crippen molar-refractivity contribution in [2.75, 3.05) is 39.8 Å². The summed E-state index contributed by atoms with van der Waals surface area (Å²) in [6.45, 7) is 7.98. The Bertz CT molecular complexity index is 264. The minimum absolute atomic E-state index is 0.365. The Morgan fingerprint density at radius 2 is 1.56 bits per heavy atom. The molecule has 0 unspecified atom stereocenters. The summed E-state index contributed by atoms with van der Waals surface area (Å²) in [6, 6.07) is 0. The van der Waals surface area contributed by atoms with Gasteiger partial charge < -0.3 is 14.6 Å². The van der Waals surface area contributed by atoms with Gasteiger partial charge in [0.05, 0.1) is 0 Å². The van der Waals surface area contributed by atoms with Crippen LogP contribution in [0.2, 0.25) is 0 Å². The second-order valence-electron chi connectivity index (χ2n) is 6.40. The second kappa shape index (κ2) is 6.67. The van der Waals surface area contributed by atoms with Gasteiger partial charge in [0.15, 0.2) is 0 Å². The van der Waals surface area contributed by atoms with E-state index in [1.54, 1.807) is 6.92 Å². The van der Waals surface area contributed by atoms with E-state index in [2.05, 4.69) is 16.8 Å². The molecule has 2 fully saturated rings. The summed E-state index contributed by atoms with van der Waals surface area (Å²) >= 11 is 0. The van der Waals surface area contributed by atoms with Gasteiger partial charge >= 0.3 is 0 Å². The molecule has 0 spiro atoms. The zero-order valence-corrected chi connectivity index (χ0v) is 12.0. The molecule has 0 saturated carbocycles. The molecule has 0 radical (unpaired) electrons. The van der Waals surface area contributed by atoms with Gasteiger partial charge in [-0.15, -0.1) is 0 Å². The average Bonchev–Trinajstić information content (AvgIpc) is 2.34. The van der Waals surface area contributed by atoms with E-state index in [0.29, 0.717) is 11.7 Å². The van der Waals surface area contributed by atoms with E-state index in [1.807, 2.05) is 0 Å². The molecule has 0 aromatic rings. The van der Waals surface area contributed by atoms with Crippen molar-refractivity contribution in [2.24, 2.45) is 11.8 Å². The standard InChI is InChI=1S/C15H28N2O/c1-13(18)11-14-5-9-17(10-6-14)12-15-3-7-16(2)8-4-15/h14-15H,3-12H2,1-2H3. The first kappa shape index (κ1) is 14.0. The van der Waals surface area contributed by atoms with E-state index >= 15 is 0 Å². The molecule has 0 atom stereocenters. The first-order valence-corrected chi connectivity index (χ1v) is 7.54. The molecule has 104 valence electrons. The maximum Gasteiger partial charge on any atom is 0.130 e. The van der Waals surface area contributed by atoms with Crippen LogP contribution in [-0.2, 0) is 4.79 Å². The van der Waals surface area contributed by atoms with Gasteiger partial charge in [-0.1, -0.05) is 0 Å². The van der Waals surface area contributed by atoms with Crippen LogP contribution in [0.1, 0.15) is 39.0 Å². The van der Waals surface area contributed by atoms with Crippen LogP contribution in [0.5, 0.6) is 0 Å². The van der Waals surface area contributed by atoms with Crippen molar-refractivity contribution in [1.82, 2.24) is 9.80 Å². The molecule has 0 bridgehead atoms. The number of hydrogen-bond acceptors (Lipinski definition) is 3. The van der Waals surface area contributed by atoms with Crippen LogP contribution < -0.4 is 0 Å². The summed E-state index contributed by atoms with van der Waals surface area (Å²) in [7, 11) is 2.23. The van der Waals surface area contributed by atoms with Gasteiger partial charge in [-0.05, 0) is 77.7 Å². The first-order valence-electron chi connectivity index (χ1n) is 7.54. The minimum Gasteiger partial charge on any atom is -0.306 e. The molecule has 2 aliphatic heterocycles. The molecule has 2 rings (SSSR count). The van der Waals surface area contributed by atoms with E-state index in [0.717, 1.165) is 12.3 Å². The minimum atomic E-state index is 0.365. The number of hydrogen-bond donors (Lipinski definition) is 0. The van der Waals surface area contributed by atoms with E-state index in [4.69, 9.17) is 0 Å². The number of carbonyl (C=O) groups excluding carboxylic acids is 1. The molecule has 18 heavy (non-hydrogen) atoms. The molecule has 0 amide bonds. The Hall–Kier alpha value is -0.410. The van der Waals surface area contributed by atoms with Crippen LogP contribution in [0.4, 0.5) is 0 Å². The molecule has 2 saturated heterocycles. The number of carbonyl (C=O) groups is 1. The number of nitrogens with zero attached hydrogens (tertiary/aromatic N) is 2. The van der Waals surface area contributed by atoms with Crippen LogP contribution in [0.25, 0.3) is 0 Å². The van der Waals surface area contributed by atoms with E-state index in [9.17, 15) is 4.79 Å². The van der Waals surface area contributed by atoms with Crippen molar-refractivity contribution in [2.45, 2.75) is 39.0 Å². The van der Waals surface area contributed by atoms with Crippen molar-refractivity contribution >= 4 is 5.78 Å². The highest BCUT2D eigenvalue weighted by molar-refractivity contribution is 5.75. The summed E-state index contributed by atoms with van der Waals surface area (Å²) in [5.41, 5.74) is 0. The van der Waals surface area contributed by atoms with Gasteiger partial charge in [-0.2, -0.15) is 0 Å². The van der Waals surface area contributed by atoms with Crippen molar-refractivity contribution in [3.05, 3.63) is 0 Å². The van der Waals surface area contributed by atoms with Gasteiger partial charge in [0.2, 0.25) is 0 Å². The molecular weight excluding hydrogens is 224 g/mol. The SMILES string of the molecule is CC(=O)CC1CCN(CC2CCN(C)CC2)CC1. The largest absolute Gasteiger partial charge is 0.306 e. The molecule has 0 aliphatic carbocycles. The van der Waals surface area contributed by atoms with Gasteiger partial charge in [0.25, 0.3) is 0 Å². The van der Waals surface area contributed by atoms with Gasteiger partial charge in [0.1, 0.15) is 5.78 Å². The highest BCUT2D eigenvalue weighted by Crippen LogP contribution is 2.23. The molecule has 0 aromatic heterocycles. The average molecular weight is 252 g/mol. The van der Waals surface area contributed by atoms with Gasteiger partial charge in [-0.3, -0.25) is 0 Å². The summed E-state index contributed by atoms with van der Waals surface area (Å²) in [5.74, 6) is 1.94. The fourth-order valence-electron chi connectivity index (χ4n) is 3.39. The lowest BCUT2D eigenvalue weighted by Gasteiger charge is -2.36. The molecule has 2 heterocycles. The fraction of sp³-hybridized carbons (Fsp3) is 0.933. The number of likely N-dealkylation sites (tertiary alicyclic amines) is 2. The van der Waals surface area contributed by atoms with Crippen LogP contribution in [0, 0.1) is 11.8 Å². The Balaban J connectivity index is 1.65. The van der Waals surface area contributed by atoms with E-state index < -0.39 is 0 Å². The van der Waals surface area contributed by atoms with Crippen molar-refractivity contribution in [1.29, 1.82) is 0 Å². The van der Waals surface area contributed by atoms with Crippen molar-refractivity contribution in [3.8, 4) is 0 Å². The number of ketones is 1. The number of piperidine rings is 2. The van der Waals surface area contributed by atoms with Crippen LogP contribution >= 0.6 is 0 Å². The zero-order chi connectivity index (χ0) is 13.0. The maximum absolute atomic E-state index is 11.1. The maximum atomic E-state index is 11.1. The number of Topliss-reactive ketones (excluding diaryl/α,β-unsaturated/α-hetero) is 1. The molecule has 2 aliphatic rings. The van der Waals surface area contributed by atoms with Crippen LogP contribution in [0.15, 0.2) is 0 Å². The lowest BCUT2D eigenvalue weighted by atomic mass is 9.90. The monoisotopic (exact) mass is 252 g/mol. The smallest absolute Gasteiger partial charge is 0.130 e. The lowest BCUT2D eigenvalue weighted by molar-refractivity contribution is -0.118. The third-order valence-electron chi connectivity index (χ3n) is 4.64. The molecule has 3 heteroatoms. The normalized spacial score (nSPS) is 25.4. The molecule has 3 nitrogen and oxygen atoms in total. The van der Waals surface area contributed by atoms with E-state index in [-0.39, 0.29) is 0 Å². The third kappa shape index (κ3) is 4.36. The van der Waals surface area contributed by atoms with Crippen molar-refractivity contribution in [3.63, 3.8) is 0 Å². The summed E-state index contributed by atoms with van der Waals surface area (Å²) in [5, 5.41) is 0. The molecule has 0 N–H and O–H groups in total. The quantitative estimate of drug-likeness (QED) is 0.765. The molecular formula is C15H28N2O. The summed E-state index contributed by atoms with van der Waals surface area (Å²) < 4.78 is 0. The van der Waals surface area contributed by atoms with Crippen molar-refractivity contribution < 1.29 is 4.79 Å². The Labute approximate surface area is 112 Å². The Morgan fingerprint density at radius 1 is 1.00 bits per heavy atom. The van der Waals surface area contributed by atoms with Gasteiger partial charge in [-0.25, -0.2) is 0 Å². The highest BCUT2D eigenvalue weighted by Gasteiger charge is 2.24. The topological polar surface area (TPSA) is 23.6 Å². The predicted octanol–water partition coefficient (Wildman–Crippen LogP) is 2.02. The van der Waals surface area contributed by atoms with Crippen LogP contribution in [0.3, 0.4) is 0 Å². The zero-order valence-electron chi connectivity index (χ0n) is 12.0. The van der Waals surface area contributed by atoms with Crippen LogP contribution in [-0.4, -0.2) is 55.4 Å². The Morgan fingerprint density at radius 3 is 2.11 bits per heavy atom. The Kier molecular flexibility index (Phi) is 5.19. The third-order valence-corrected chi connectivity index (χ3v) is 4.64. The number of rotatable bonds is 4. The second-order valence-corrected chi connectivity index (χ2v) is 6.40. The lowest BCUT2D eigenvalue weighted by Crippen LogP contribution is -2.40. The molecule has 0 aromatic carbocycles. The van der Waals surface area contributed by atoms with Gasteiger partial charge in [0, 0.05) is 13.0 Å². The highest BCUT2D eigenvalue weighted by atomic mass is 16.1. The van der Waals surface area contributed by atoms with E-state index in [1.165, 1.54) is 58.4 Å². The first-order chi connectivity index (χ1) is 8.63. The summed E-state index contributed by atoms with van der Waals surface area (Å²) in [6.07, 6.45) is 5.99. The fourth-order valence-corrected chi connectivity index (χ4v) is 3.39. The predicted molar refractivity (Wildman–Crippen MR) is 74.7 cm³/mol.